The lowest BCUT2D eigenvalue weighted by molar-refractivity contribution is 0.138. The van der Waals surface area contributed by atoms with Crippen LogP contribution in [0.25, 0.3) is 0 Å². The van der Waals surface area contributed by atoms with Crippen LogP contribution in [-0.4, -0.2) is 27.5 Å². The first-order valence-electron chi connectivity index (χ1n) is 7.80. The molecule has 0 bridgehead atoms. The lowest BCUT2D eigenvalue weighted by Gasteiger charge is -2.33. The molecule has 112 valence electrons. The molecule has 2 aliphatic rings. The highest BCUT2D eigenvalue weighted by Gasteiger charge is 2.37. The van der Waals surface area contributed by atoms with Gasteiger partial charge in [-0.2, -0.15) is 0 Å². The maximum absolute atomic E-state index is 6.10. The van der Waals surface area contributed by atoms with Crippen molar-refractivity contribution in [3.8, 4) is 0 Å². The number of rotatable bonds is 4. The van der Waals surface area contributed by atoms with Crippen molar-refractivity contribution in [2.75, 3.05) is 13.1 Å². The lowest BCUT2D eigenvalue weighted by Crippen LogP contribution is -2.39. The van der Waals surface area contributed by atoms with Crippen molar-refractivity contribution in [1.82, 2.24) is 14.5 Å². The Morgan fingerprint density at radius 3 is 3.05 bits per heavy atom. The topological polar surface area (TPSA) is 60.2 Å². The van der Waals surface area contributed by atoms with Crippen molar-refractivity contribution in [3.63, 3.8) is 0 Å². The lowest BCUT2D eigenvalue weighted by atomic mass is 10.1. The highest BCUT2D eigenvalue weighted by Crippen LogP contribution is 2.47. The number of nitrogens with two attached hydrogens (primary N) is 1. The van der Waals surface area contributed by atoms with Crippen LogP contribution in [0.5, 0.6) is 0 Å². The number of aromatic nitrogens is 2. The standard InChI is InChI=1S/C16H22N4O/c1-11-8-12(11)14-2-3-15(21-14)13(9-17)20-7-6-19-5-4-18-16(19)10-20/h2-5,11-13H,6-10,17H2,1H3. The Bertz CT molecular complexity index is 632. The van der Waals surface area contributed by atoms with Crippen molar-refractivity contribution < 1.29 is 4.42 Å². The fourth-order valence-electron chi connectivity index (χ4n) is 3.37. The van der Waals surface area contributed by atoms with E-state index < -0.39 is 0 Å². The predicted molar refractivity (Wildman–Crippen MR) is 79.7 cm³/mol. The van der Waals surface area contributed by atoms with Crippen LogP contribution in [0.4, 0.5) is 0 Å². The molecule has 5 heteroatoms. The molecule has 1 fully saturated rings. The van der Waals surface area contributed by atoms with Crippen LogP contribution in [0.2, 0.25) is 0 Å². The fourth-order valence-corrected chi connectivity index (χ4v) is 3.37. The molecule has 0 spiro atoms. The summed E-state index contributed by atoms with van der Waals surface area (Å²) >= 11 is 0. The van der Waals surface area contributed by atoms with Gasteiger partial charge in [0.1, 0.15) is 17.3 Å². The Labute approximate surface area is 124 Å². The van der Waals surface area contributed by atoms with Crippen molar-refractivity contribution in [2.24, 2.45) is 11.7 Å². The maximum atomic E-state index is 6.10. The first kappa shape index (κ1) is 13.1. The van der Waals surface area contributed by atoms with E-state index in [2.05, 4.69) is 33.5 Å². The first-order chi connectivity index (χ1) is 10.3. The minimum atomic E-state index is 0.151. The third kappa shape index (κ3) is 2.30. The van der Waals surface area contributed by atoms with Gasteiger partial charge in [0.25, 0.3) is 0 Å². The van der Waals surface area contributed by atoms with Crippen LogP contribution >= 0.6 is 0 Å². The molecule has 4 rings (SSSR count). The van der Waals surface area contributed by atoms with Crippen molar-refractivity contribution >= 4 is 0 Å². The zero-order chi connectivity index (χ0) is 14.4. The molecule has 5 nitrogen and oxygen atoms in total. The molecule has 3 atom stereocenters. The van der Waals surface area contributed by atoms with Crippen LogP contribution in [0, 0.1) is 5.92 Å². The van der Waals surface area contributed by atoms with Gasteiger partial charge in [0.05, 0.1) is 12.6 Å². The summed E-state index contributed by atoms with van der Waals surface area (Å²) in [6.45, 7) is 5.65. The average Bonchev–Trinajstić information content (AvgIpc) is 2.94. The smallest absolute Gasteiger partial charge is 0.122 e. The number of imidazole rings is 1. The van der Waals surface area contributed by atoms with Gasteiger partial charge in [0.2, 0.25) is 0 Å². The van der Waals surface area contributed by atoms with Crippen molar-refractivity contribution in [2.45, 2.75) is 38.4 Å². The summed E-state index contributed by atoms with van der Waals surface area (Å²) in [7, 11) is 0. The van der Waals surface area contributed by atoms with Crippen LogP contribution in [0.1, 0.15) is 42.6 Å². The van der Waals surface area contributed by atoms with Gasteiger partial charge in [0.15, 0.2) is 0 Å². The molecule has 3 unspecified atom stereocenters. The maximum Gasteiger partial charge on any atom is 0.122 e. The molecule has 0 radical (unpaired) electrons. The average molecular weight is 286 g/mol. The van der Waals surface area contributed by atoms with E-state index in [4.69, 9.17) is 10.2 Å². The molecule has 3 heterocycles. The summed E-state index contributed by atoms with van der Waals surface area (Å²) in [5.74, 6) is 4.64. The number of nitrogens with zero attached hydrogens (tertiary/aromatic N) is 3. The monoisotopic (exact) mass is 286 g/mol. The van der Waals surface area contributed by atoms with E-state index in [-0.39, 0.29) is 6.04 Å². The summed E-state index contributed by atoms with van der Waals surface area (Å²) in [6, 6.07) is 4.40. The van der Waals surface area contributed by atoms with Gasteiger partial charge in [-0.1, -0.05) is 6.92 Å². The summed E-state index contributed by atoms with van der Waals surface area (Å²) in [5, 5.41) is 0. The molecular formula is C16H22N4O. The first-order valence-corrected chi connectivity index (χ1v) is 7.80. The summed E-state index contributed by atoms with van der Waals surface area (Å²) in [4.78, 5) is 6.80. The second-order valence-corrected chi connectivity index (χ2v) is 6.32. The van der Waals surface area contributed by atoms with Gasteiger partial charge in [-0.25, -0.2) is 4.98 Å². The van der Waals surface area contributed by atoms with Crippen LogP contribution in [0.3, 0.4) is 0 Å². The number of furan rings is 1. The van der Waals surface area contributed by atoms with Gasteiger partial charge < -0.3 is 14.7 Å². The van der Waals surface area contributed by atoms with E-state index in [1.807, 2.05) is 12.4 Å². The van der Waals surface area contributed by atoms with E-state index in [1.54, 1.807) is 0 Å². The molecular weight excluding hydrogens is 264 g/mol. The van der Waals surface area contributed by atoms with Gasteiger partial charge in [0, 0.05) is 37.9 Å². The third-order valence-electron chi connectivity index (χ3n) is 4.89. The quantitative estimate of drug-likeness (QED) is 0.935. The van der Waals surface area contributed by atoms with E-state index in [9.17, 15) is 0 Å². The molecule has 0 aromatic carbocycles. The van der Waals surface area contributed by atoms with Gasteiger partial charge in [-0.05, 0) is 24.5 Å². The van der Waals surface area contributed by atoms with Crippen LogP contribution in [0.15, 0.2) is 28.9 Å². The molecule has 21 heavy (non-hydrogen) atoms. The SMILES string of the molecule is CC1CC1c1ccc(C(CN)N2CCn3ccnc3C2)o1. The molecule has 0 amide bonds. The third-order valence-corrected chi connectivity index (χ3v) is 4.89. The largest absolute Gasteiger partial charge is 0.464 e. The van der Waals surface area contributed by atoms with Gasteiger partial charge >= 0.3 is 0 Å². The van der Waals surface area contributed by atoms with Crippen LogP contribution < -0.4 is 5.73 Å². The minimum absolute atomic E-state index is 0.151. The van der Waals surface area contributed by atoms with E-state index in [1.165, 1.54) is 6.42 Å². The van der Waals surface area contributed by atoms with Crippen LogP contribution in [-0.2, 0) is 13.1 Å². The highest BCUT2D eigenvalue weighted by atomic mass is 16.3. The molecule has 2 aromatic rings. The summed E-state index contributed by atoms with van der Waals surface area (Å²) in [6.07, 6.45) is 5.17. The molecule has 0 saturated heterocycles. The number of fused-ring (bicyclic) bond motifs is 1. The summed E-state index contributed by atoms with van der Waals surface area (Å²) < 4.78 is 8.32. The van der Waals surface area contributed by atoms with E-state index in [0.29, 0.717) is 12.5 Å². The van der Waals surface area contributed by atoms with Gasteiger partial charge in [-0.3, -0.25) is 4.90 Å². The van der Waals surface area contributed by atoms with Crippen molar-refractivity contribution in [1.29, 1.82) is 0 Å². The Hall–Kier alpha value is -1.59. The molecule has 1 aliphatic carbocycles. The molecule has 2 aromatic heterocycles. The minimum Gasteiger partial charge on any atom is -0.464 e. The summed E-state index contributed by atoms with van der Waals surface area (Å²) in [5.41, 5.74) is 6.03. The predicted octanol–water partition coefficient (Wildman–Crippen LogP) is 2.12. The highest BCUT2D eigenvalue weighted by molar-refractivity contribution is 5.19. The second-order valence-electron chi connectivity index (χ2n) is 6.32. The van der Waals surface area contributed by atoms with Crippen molar-refractivity contribution in [3.05, 3.63) is 41.9 Å². The molecule has 2 N–H and O–H groups in total. The fraction of sp³-hybridized carbons (Fsp3) is 0.562. The van der Waals surface area contributed by atoms with E-state index >= 15 is 0 Å². The Balaban J connectivity index is 1.53. The molecule has 1 aliphatic heterocycles. The zero-order valence-electron chi connectivity index (χ0n) is 12.4. The normalized spacial score (nSPS) is 26.6. The Kier molecular flexibility index (Phi) is 3.12. The Morgan fingerprint density at radius 1 is 1.43 bits per heavy atom. The Morgan fingerprint density at radius 2 is 2.29 bits per heavy atom. The van der Waals surface area contributed by atoms with E-state index in [0.717, 1.165) is 42.9 Å². The number of hydrogen-bond donors (Lipinski definition) is 1. The second kappa shape index (κ2) is 5.00. The zero-order valence-corrected chi connectivity index (χ0v) is 12.4. The van der Waals surface area contributed by atoms with Gasteiger partial charge in [-0.15, -0.1) is 0 Å². The number of hydrogen-bond acceptors (Lipinski definition) is 4. The molecule has 1 saturated carbocycles.